The van der Waals surface area contributed by atoms with Crippen molar-refractivity contribution in [2.45, 2.75) is 43.8 Å². The summed E-state index contributed by atoms with van der Waals surface area (Å²) in [5, 5.41) is 7.58. The van der Waals surface area contributed by atoms with Gasteiger partial charge < -0.3 is 15.4 Å². The quantitative estimate of drug-likeness (QED) is 0.291. The van der Waals surface area contributed by atoms with Crippen LogP contribution in [-0.4, -0.2) is 34.6 Å². The summed E-state index contributed by atoms with van der Waals surface area (Å²) in [6.45, 7) is 5.98. The minimum Gasteiger partial charge on any atom is -0.466 e. The minimum absolute atomic E-state index is 0.0767. The van der Waals surface area contributed by atoms with Gasteiger partial charge in [0, 0.05) is 21.5 Å². The number of amides is 2. The van der Waals surface area contributed by atoms with Crippen LogP contribution in [0.3, 0.4) is 0 Å². The third kappa shape index (κ3) is 7.43. The molecule has 3 aromatic rings. The average Bonchev–Trinajstić information content (AvgIpc) is 3.24. The average molecular weight is 498 g/mol. The highest BCUT2D eigenvalue weighted by Crippen LogP contribution is 2.29. The predicted octanol–water partition coefficient (Wildman–Crippen LogP) is 5.32. The van der Waals surface area contributed by atoms with Crippen LogP contribution in [0, 0.1) is 6.92 Å². The van der Waals surface area contributed by atoms with Crippen LogP contribution in [0.1, 0.15) is 41.9 Å². The molecule has 0 aliphatic carbocycles. The third-order valence-corrected chi connectivity index (χ3v) is 6.92. The molecule has 1 atom stereocenters. The first-order valence-electron chi connectivity index (χ1n) is 10.9. The van der Waals surface area contributed by atoms with Gasteiger partial charge in [-0.15, -0.1) is 23.1 Å². The topological polar surface area (TPSA) is 97.4 Å². The van der Waals surface area contributed by atoms with Crippen molar-refractivity contribution in [3.63, 3.8) is 0 Å². The van der Waals surface area contributed by atoms with Crippen molar-refractivity contribution >= 4 is 51.7 Å². The Balaban J connectivity index is 1.60. The lowest BCUT2D eigenvalue weighted by Gasteiger charge is -2.14. The summed E-state index contributed by atoms with van der Waals surface area (Å²) in [5.41, 5.74) is 2.90. The molecule has 0 aliphatic heterocycles. The smallest absolute Gasteiger partial charge is 0.311 e. The van der Waals surface area contributed by atoms with Gasteiger partial charge in [0.2, 0.25) is 5.91 Å². The fourth-order valence-electron chi connectivity index (χ4n) is 3.03. The van der Waals surface area contributed by atoms with Gasteiger partial charge in [0.1, 0.15) is 0 Å². The summed E-state index contributed by atoms with van der Waals surface area (Å²) >= 11 is 2.69. The zero-order valence-electron chi connectivity index (χ0n) is 19.3. The Morgan fingerprint density at radius 3 is 2.56 bits per heavy atom. The van der Waals surface area contributed by atoms with E-state index in [0.717, 1.165) is 10.5 Å². The van der Waals surface area contributed by atoms with Crippen molar-refractivity contribution in [2.24, 2.45) is 0 Å². The first kappa shape index (κ1) is 25.5. The maximum absolute atomic E-state index is 12.8. The zero-order chi connectivity index (χ0) is 24.5. The number of nitrogens with zero attached hydrogens (tertiary/aromatic N) is 1. The molecule has 1 heterocycles. The van der Waals surface area contributed by atoms with Crippen LogP contribution >= 0.6 is 23.1 Å². The number of benzene rings is 2. The second-order valence-electron chi connectivity index (χ2n) is 7.48. The lowest BCUT2D eigenvalue weighted by atomic mass is 10.1. The second kappa shape index (κ2) is 12.3. The van der Waals surface area contributed by atoms with E-state index in [1.807, 2.05) is 50.2 Å². The van der Waals surface area contributed by atoms with Crippen LogP contribution in [0.15, 0.2) is 58.8 Å². The van der Waals surface area contributed by atoms with E-state index in [2.05, 4.69) is 15.6 Å². The molecule has 0 saturated heterocycles. The van der Waals surface area contributed by atoms with Crippen LogP contribution in [0.4, 0.5) is 10.8 Å². The molecule has 0 fully saturated rings. The second-order valence-corrected chi connectivity index (χ2v) is 9.61. The van der Waals surface area contributed by atoms with Gasteiger partial charge in [0.25, 0.3) is 5.91 Å². The summed E-state index contributed by atoms with van der Waals surface area (Å²) in [4.78, 5) is 42.1. The molecule has 1 aromatic heterocycles. The minimum atomic E-state index is -0.347. The molecule has 0 saturated carbocycles. The van der Waals surface area contributed by atoms with Gasteiger partial charge in [-0.3, -0.25) is 14.4 Å². The summed E-state index contributed by atoms with van der Waals surface area (Å²) in [6.07, 6.45) is 0.685. The zero-order valence-corrected chi connectivity index (χ0v) is 20.9. The number of carbonyl (C=O) groups is 3. The summed E-state index contributed by atoms with van der Waals surface area (Å²) in [5.74, 6) is -0.699. The Bertz CT molecular complexity index is 1150. The molecule has 2 aromatic carbocycles. The molecule has 178 valence electrons. The van der Waals surface area contributed by atoms with E-state index in [1.54, 1.807) is 24.4 Å². The lowest BCUT2D eigenvalue weighted by Crippen LogP contribution is -2.24. The molecule has 9 heteroatoms. The fraction of sp³-hybridized carbons (Fsp3) is 0.280. The molecular weight excluding hydrogens is 470 g/mol. The van der Waals surface area contributed by atoms with Gasteiger partial charge in [-0.1, -0.05) is 30.7 Å². The normalized spacial score (nSPS) is 11.5. The standard InChI is InChI=1S/C25H27N3O4S2/c1-4-21(24(31)28-25-27-19(15-33-25)14-22(29)32-5-2)34-20-8-6-7-18(13-20)26-23(30)17-11-9-16(3)10-12-17/h6-13,15,21H,4-5,14H2,1-3H3,(H,26,30)(H,27,28,31). The Hall–Kier alpha value is -3.17. The Morgan fingerprint density at radius 2 is 1.85 bits per heavy atom. The highest BCUT2D eigenvalue weighted by molar-refractivity contribution is 8.00. The van der Waals surface area contributed by atoms with Gasteiger partial charge in [-0.25, -0.2) is 4.98 Å². The van der Waals surface area contributed by atoms with Gasteiger partial charge in [-0.2, -0.15) is 0 Å². The molecule has 0 bridgehead atoms. The summed E-state index contributed by atoms with van der Waals surface area (Å²) < 4.78 is 4.93. The molecule has 2 N–H and O–H groups in total. The van der Waals surface area contributed by atoms with Crippen molar-refractivity contribution in [1.29, 1.82) is 0 Å². The monoisotopic (exact) mass is 497 g/mol. The van der Waals surface area contributed by atoms with Gasteiger partial charge >= 0.3 is 5.97 Å². The van der Waals surface area contributed by atoms with Crippen molar-refractivity contribution in [1.82, 2.24) is 4.98 Å². The Kier molecular flexibility index (Phi) is 9.24. The van der Waals surface area contributed by atoms with Gasteiger partial charge in [0.05, 0.1) is 24.0 Å². The van der Waals surface area contributed by atoms with Crippen LogP contribution in [0.5, 0.6) is 0 Å². The van der Waals surface area contributed by atoms with E-state index >= 15 is 0 Å². The van der Waals surface area contributed by atoms with Gasteiger partial charge in [0.15, 0.2) is 5.13 Å². The maximum atomic E-state index is 12.8. The molecular formula is C25H27N3O4S2. The van der Waals surface area contributed by atoms with Crippen LogP contribution in [0.25, 0.3) is 0 Å². The number of carbonyl (C=O) groups excluding carboxylic acids is 3. The summed E-state index contributed by atoms with van der Waals surface area (Å²) in [6, 6.07) is 14.8. The number of hydrogen-bond acceptors (Lipinski definition) is 7. The molecule has 34 heavy (non-hydrogen) atoms. The van der Waals surface area contributed by atoms with Crippen LogP contribution in [-0.2, 0) is 20.7 Å². The van der Waals surface area contributed by atoms with E-state index in [-0.39, 0.29) is 29.5 Å². The molecule has 3 rings (SSSR count). The molecule has 1 unspecified atom stereocenters. The first-order valence-corrected chi connectivity index (χ1v) is 12.7. The highest BCUT2D eigenvalue weighted by atomic mass is 32.2. The Morgan fingerprint density at radius 1 is 1.09 bits per heavy atom. The molecule has 0 aliphatic rings. The van der Waals surface area contributed by atoms with Crippen molar-refractivity contribution in [3.05, 3.63) is 70.7 Å². The largest absolute Gasteiger partial charge is 0.466 e. The van der Waals surface area contributed by atoms with E-state index in [4.69, 9.17) is 4.74 Å². The molecule has 0 spiro atoms. The SMILES string of the molecule is CCOC(=O)Cc1csc(NC(=O)C(CC)Sc2cccc(NC(=O)c3ccc(C)cc3)c2)n1. The van der Waals surface area contributed by atoms with Crippen molar-refractivity contribution < 1.29 is 19.1 Å². The number of rotatable bonds is 10. The molecule has 7 nitrogen and oxygen atoms in total. The summed E-state index contributed by atoms with van der Waals surface area (Å²) in [7, 11) is 0. The van der Waals surface area contributed by atoms with Crippen LogP contribution < -0.4 is 10.6 Å². The number of nitrogens with one attached hydrogen (secondary N) is 2. The van der Waals surface area contributed by atoms with Crippen LogP contribution in [0.2, 0.25) is 0 Å². The number of thiazole rings is 1. The van der Waals surface area contributed by atoms with E-state index in [9.17, 15) is 14.4 Å². The number of thioether (sulfide) groups is 1. The highest BCUT2D eigenvalue weighted by Gasteiger charge is 2.20. The number of hydrogen-bond donors (Lipinski definition) is 2. The van der Waals surface area contributed by atoms with Crippen molar-refractivity contribution in [2.75, 3.05) is 17.2 Å². The number of aromatic nitrogens is 1. The predicted molar refractivity (Wildman–Crippen MR) is 137 cm³/mol. The first-order chi connectivity index (χ1) is 16.4. The van der Waals surface area contributed by atoms with E-state index in [0.29, 0.717) is 35.1 Å². The van der Waals surface area contributed by atoms with Gasteiger partial charge in [-0.05, 0) is 50.6 Å². The fourth-order valence-corrected chi connectivity index (χ4v) is 4.76. The number of aryl methyl sites for hydroxylation is 1. The maximum Gasteiger partial charge on any atom is 0.311 e. The molecule has 2 amide bonds. The third-order valence-electron chi connectivity index (χ3n) is 4.76. The van der Waals surface area contributed by atoms with Crippen molar-refractivity contribution in [3.8, 4) is 0 Å². The lowest BCUT2D eigenvalue weighted by molar-refractivity contribution is -0.142. The van der Waals surface area contributed by atoms with E-state index < -0.39 is 0 Å². The molecule has 0 radical (unpaired) electrons. The number of ether oxygens (including phenoxy) is 1. The number of esters is 1. The number of anilines is 2. The Labute approximate surface area is 207 Å². The van der Waals surface area contributed by atoms with E-state index in [1.165, 1.54) is 23.1 Å².